The monoisotopic (exact) mass is 311 g/mol. The summed E-state index contributed by atoms with van der Waals surface area (Å²) in [5.74, 6) is 2.38. The minimum atomic E-state index is 0.0150. The summed E-state index contributed by atoms with van der Waals surface area (Å²) in [5, 5.41) is 3.16. The van der Waals surface area contributed by atoms with Gasteiger partial charge in [-0.2, -0.15) is 0 Å². The predicted octanol–water partition coefficient (Wildman–Crippen LogP) is 4.09. The Kier molecular flexibility index (Phi) is 3.21. The second kappa shape index (κ2) is 4.19. The van der Waals surface area contributed by atoms with E-state index in [0.29, 0.717) is 11.3 Å². The van der Waals surface area contributed by atoms with Crippen LogP contribution >= 0.6 is 15.9 Å². The average molecular weight is 312 g/mol. The summed E-state index contributed by atoms with van der Waals surface area (Å²) in [7, 11) is 1.90. The molecule has 0 saturated heterocycles. The van der Waals surface area contributed by atoms with Crippen LogP contribution in [0.3, 0.4) is 0 Å². The van der Waals surface area contributed by atoms with Gasteiger partial charge in [0.15, 0.2) is 0 Å². The fourth-order valence-corrected chi connectivity index (χ4v) is 3.16. The molecule has 0 spiro atoms. The molecule has 1 aliphatic carbocycles. The van der Waals surface area contributed by atoms with Crippen LogP contribution in [0, 0.1) is 5.41 Å². The van der Waals surface area contributed by atoms with Crippen molar-refractivity contribution >= 4 is 21.7 Å². The maximum absolute atomic E-state index is 4.81. The van der Waals surface area contributed by atoms with Crippen molar-refractivity contribution in [1.29, 1.82) is 0 Å². The lowest BCUT2D eigenvalue weighted by Crippen LogP contribution is -2.18. The van der Waals surface area contributed by atoms with Gasteiger partial charge in [-0.3, -0.25) is 0 Å². The standard InChI is InChI=1S/C14H22BrN3/c1-13(2,3)10-9(15)12(16-6)18-11(17-10)8-7-14(8,4)5/h8H,7H2,1-6H3,(H,16,17,18). The molecule has 1 unspecified atom stereocenters. The van der Waals surface area contributed by atoms with E-state index in [9.17, 15) is 0 Å². The van der Waals surface area contributed by atoms with Crippen LogP contribution in [-0.2, 0) is 5.41 Å². The first-order valence-electron chi connectivity index (χ1n) is 6.42. The molecule has 1 aromatic rings. The molecule has 0 aromatic carbocycles. The highest BCUT2D eigenvalue weighted by Crippen LogP contribution is 2.58. The molecular weight excluding hydrogens is 290 g/mol. The maximum atomic E-state index is 4.81. The maximum Gasteiger partial charge on any atom is 0.144 e. The summed E-state index contributed by atoms with van der Waals surface area (Å²) in [4.78, 5) is 9.47. The van der Waals surface area contributed by atoms with E-state index in [4.69, 9.17) is 4.98 Å². The fraction of sp³-hybridized carbons (Fsp3) is 0.714. The zero-order valence-corrected chi connectivity index (χ0v) is 13.6. The van der Waals surface area contributed by atoms with Crippen molar-refractivity contribution in [3.05, 3.63) is 16.0 Å². The van der Waals surface area contributed by atoms with Crippen LogP contribution in [0.15, 0.2) is 4.47 Å². The quantitative estimate of drug-likeness (QED) is 0.893. The Morgan fingerprint density at radius 3 is 2.22 bits per heavy atom. The van der Waals surface area contributed by atoms with Gasteiger partial charge in [0.25, 0.3) is 0 Å². The summed E-state index contributed by atoms with van der Waals surface area (Å²) in [6.45, 7) is 11.1. The lowest BCUT2D eigenvalue weighted by Gasteiger charge is -2.22. The second-order valence-electron chi connectivity index (χ2n) is 6.84. The summed E-state index contributed by atoms with van der Waals surface area (Å²) in [6.07, 6.45) is 1.18. The molecule has 1 saturated carbocycles. The van der Waals surface area contributed by atoms with E-state index in [-0.39, 0.29) is 5.41 Å². The van der Waals surface area contributed by atoms with Crippen molar-refractivity contribution in [3.8, 4) is 0 Å². The molecule has 0 bridgehead atoms. The van der Waals surface area contributed by atoms with Crippen LogP contribution in [0.5, 0.6) is 0 Å². The zero-order valence-electron chi connectivity index (χ0n) is 12.1. The largest absolute Gasteiger partial charge is 0.372 e. The number of nitrogens with zero attached hydrogens (tertiary/aromatic N) is 2. The van der Waals surface area contributed by atoms with Crippen LogP contribution in [0.4, 0.5) is 5.82 Å². The molecule has 1 N–H and O–H groups in total. The number of aromatic nitrogens is 2. The van der Waals surface area contributed by atoms with Crippen LogP contribution in [0.2, 0.25) is 0 Å². The molecule has 1 aliphatic rings. The van der Waals surface area contributed by atoms with Gasteiger partial charge >= 0.3 is 0 Å². The molecule has 0 aliphatic heterocycles. The van der Waals surface area contributed by atoms with Crippen molar-refractivity contribution in [1.82, 2.24) is 9.97 Å². The van der Waals surface area contributed by atoms with Gasteiger partial charge in [0, 0.05) is 18.4 Å². The van der Waals surface area contributed by atoms with Crippen molar-refractivity contribution in [2.24, 2.45) is 5.41 Å². The van der Waals surface area contributed by atoms with Crippen LogP contribution in [-0.4, -0.2) is 17.0 Å². The molecule has 100 valence electrons. The topological polar surface area (TPSA) is 37.8 Å². The van der Waals surface area contributed by atoms with Crippen molar-refractivity contribution in [3.63, 3.8) is 0 Å². The third-order valence-electron chi connectivity index (χ3n) is 3.64. The normalized spacial score (nSPS) is 21.8. The first kappa shape index (κ1) is 13.8. The minimum absolute atomic E-state index is 0.0150. The molecule has 4 heteroatoms. The highest BCUT2D eigenvalue weighted by atomic mass is 79.9. The Hall–Kier alpha value is -0.640. The Labute approximate surface area is 118 Å². The van der Waals surface area contributed by atoms with E-state index in [1.165, 1.54) is 6.42 Å². The summed E-state index contributed by atoms with van der Waals surface area (Å²) >= 11 is 3.62. The number of halogens is 1. The van der Waals surface area contributed by atoms with Gasteiger partial charge in [0.05, 0.1) is 10.2 Å². The van der Waals surface area contributed by atoms with Crippen molar-refractivity contribution < 1.29 is 0 Å². The Morgan fingerprint density at radius 2 is 1.83 bits per heavy atom. The average Bonchev–Trinajstić information content (AvgIpc) is 2.86. The number of rotatable bonds is 2. The Bertz CT molecular complexity index is 475. The molecule has 1 heterocycles. The smallest absolute Gasteiger partial charge is 0.144 e. The number of hydrogen-bond donors (Lipinski definition) is 1. The third-order valence-corrected chi connectivity index (χ3v) is 4.39. The van der Waals surface area contributed by atoms with Gasteiger partial charge in [0.1, 0.15) is 11.6 Å². The van der Waals surface area contributed by atoms with E-state index in [1.807, 2.05) is 7.05 Å². The van der Waals surface area contributed by atoms with E-state index in [1.54, 1.807) is 0 Å². The molecule has 1 atom stereocenters. The SMILES string of the molecule is CNc1nc(C2CC2(C)C)nc(C(C)(C)C)c1Br. The summed E-state index contributed by atoms with van der Waals surface area (Å²) in [6, 6.07) is 0. The van der Waals surface area contributed by atoms with Gasteiger partial charge in [-0.25, -0.2) is 9.97 Å². The summed E-state index contributed by atoms with van der Waals surface area (Å²) in [5.41, 5.74) is 1.45. The van der Waals surface area contributed by atoms with E-state index in [0.717, 1.165) is 21.8 Å². The predicted molar refractivity (Wildman–Crippen MR) is 79.1 cm³/mol. The second-order valence-corrected chi connectivity index (χ2v) is 7.63. The number of nitrogens with one attached hydrogen (secondary N) is 1. The zero-order chi connectivity index (χ0) is 13.7. The van der Waals surface area contributed by atoms with Gasteiger partial charge < -0.3 is 5.32 Å². The van der Waals surface area contributed by atoms with Crippen LogP contribution < -0.4 is 5.32 Å². The van der Waals surface area contributed by atoms with E-state index < -0.39 is 0 Å². The lowest BCUT2D eigenvalue weighted by atomic mass is 9.91. The Morgan fingerprint density at radius 1 is 1.28 bits per heavy atom. The molecule has 2 rings (SSSR count). The number of anilines is 1. The van der Waals surface area contributed by atoms with E-state index in [2.05, 4.69) is 60.8 Å². The fourth-order valence-electron chi connectivity index (χ4n) is 2.19. The molecule has 3 nitrogen and oxygen atoms in total. The Balaban J connectivity index is 2.51. The number of hydrogen-bond acceptors (Lipinski definition) is 3. The van der Waals surface area contributed by atoms with E-state index >= 15 is 0 Å². The lowest BCUT2D eigenvalue weighted by molar-refractivity contribution is 0.550. The molecule has 1 aromatic heterocycles. The molecule has 18 heavy (non-hydrogen) atoms. The van der Waals surface area contributed by atoms with Gasteiger partial charge in [-0.15, -0.1) is 0 Å². The summed E-state index contributed by atoms with van der Waals surface area (Å²) < 4.78 is 0.986. The van der Waals surface area contributed by atoms with Crippen LogP contribution in [0.25, 0.3) is 0 Å². The van der Waals surface area contributed by atoms with Crippen molar-refractivity contribution in [2.45, 2.75) is 52.4 Å². The molecular formula is C14H22BrN3. The first-order valence-corrected chi connectivity index (χ1v) is 7.22. The van der Waals surface area contributed by atoms with Gasteiger partial charge in [-0.1, -0.05) is 34.6 Å². The minimum Gasteiger partial charge on any atom is -0.372 e. The van der Waals surface area contributed by atoms with Crippen LogP contribution in [0.1, 0.15) is 58.5 Å². The molecule has 0 radical (unpaired) electrons. The van der Waals surface area contributed by atoms with Crippen molar-refractivity contribution in [2.75, 3.05) is 12.4 Å². The molecule has 0 amide bonds. The third kappa shape index (κ3) is 2.40. The van der Waals surface area contributed by atoms with Gasteiger partial charge in [0.2, 0.25) is 0 Å². The highest BCUT2D eigenvalue weighted by molar-refractivity contribution is 9.10. The first-order chi connectivity index (χ1) is 8.16. The molecule has 1 fully saturated rings. The highest BCUT2D eigenvalue weighted by Gasteiger charge is 2.49. The van der Waals surface area contributed by atoms with Gasteiger partial charge in [-0.05, 0) is 27.8 Å².